The molecule has 5 heteroatoms. The number of esters is 1. The number of hydrogen-bond donors (Lipinski definition) is 1. The Morgan fingerprint density at radius 3 is 2.38 bits per heavy atom. The Kier molecular flexibility index (Phi) is 6.09. The molecule has 0 radical (unpaired) electrons. The number of hydrogen-bond acceptors (Lipinski definition) is 5. The van der Waals surface area contributed by atoms with E-state index < -0.39 is 11.9 Å². The zero-order valence-electron chi connectivity index (χ0n) is 19.0. The number of benzene rings is 2. The number of ketones is 1. The molecule has 0 bridgehead atoms. The minimum Gasteiger partial charge on any atom is -0.457 e. The molecule has 0 unspecified atom stereocenters. The van der Waals surface area contributed by atoms with E-state index in [1.807, 2.05) is 73.7 Å². The summed E-state index contributed by atoms with van der Waals surface area (Å²) in [6.07, 6.45) is 2.80. The standard InChI is InChI=1S/C29H26N2O3/c1-19-26(29(33)34-18-20-10-4-2-5-11-20)28(23-14-8-9-15-30-23)27-24(31-19)16-22(17-25(27)32)21-12-6-3-7-13-21/h2-15,22,28,31H,16-18H2,1H3/t22-,28+/m0/s1. The van der Waals surface area contributed by atoms with Gasteiger partial charge < -0.3 is 10.1 Å². The van der Waals surface area contributed by atoms with Gasteiger partial charge in [-0.1, -0.05) is 66.7 Å². The molecule has 170 valence electrons. The predicted molar refractivity (Wildman–Crippen MR) is 130 cm³/mol. The van der Waals surface area contributed by atoms with Crippen molar-refractivity contribution in [2.24, 2.45) is 0 Å². The number of carbonyl (C=O) groups excluding carboxylic acids is 2. The lowest BCUT2D eigenvalue weighted by Gasteiger charge is -2.36. The molecule has 1 aliphatic heterocycles. The van der Waals surface area contributed by atoms with E-state index >= 15 is 0 Å². The van der Waals surface area contributed by atoms with Crippen molar-refractivity contribution in [1.82, 2.24) is 10.3 Å². The van der Waals surface area contributed by atoms with Crippen LogP contribution in [0.2, 0.25) is 0 Å². The fraction of sp³-hybridized carbons (Fsp3) is 0.207. The van der Waals surface area contributed by atoms with Gasteiger partial charge in [-0.2, -0.15) is 0 Å². The van der Waals surface area contributed by atoms with E-state index in [1.54, 1.807) is 6.20 Å². The topological polar surface area (TPSA) is 68.3 Å². The molecule has 2 heterocycles. The summed E-state index contributed by atoms with van der Waals surface area (Å²) in [6, 6.07) is 25.3. The highest BCUT2D eigenvalue weighted by molar-refractivity contribution is 6.04. The summed E-state index contributed by atoms with van der Waals surface area (Å²) < 4.78 is 5.70. The summed E-state index contributed by atoms with van der Waals surface area (Å²) in [5, 5.41) is 3.39. The van der Waals surface area contributed by atoms with Crippen molar-refractivity contribution >= 4 is 11.8 Å². The molecule has 2 aromatic carbocycles. The van der Waals surface area contributed by atoms with Crippen LogP contribution in [0.15, 0.2) is 108 Å². The van der Waals surface area contributed by atoms with E-state index in [-0.39, 0.29) is 18.3 Å². The Morgan fingerprint density at radius 1 is 0.971 bits per heavy atom. The van der Waals surface area contributed by atoms with Gasteiger partial charge in [-0.05, 0) is 42.5 Å². The monoisotopic (exact) mass is 450 g/mol. The van der Waals surface area contributed by atoms with Gasteiger partial charge in [0.1, 0.15) is 6.61 Å². The van der Waals surface area contributed by atoms with Gasteiger partial charge in [-0.15, -0.1) is 0 Å². The van der Waals surface area contributed by atoms with E-state index in [2.05, 4.69) is 22.4 Å². The Labute approximate surface area is 199 Å². The van der Waals surface area contributed by atoms with Crippen molar-refractivity contribution in [3.63, 3.8) is 0 Å². The Balaban J connectivity index is 1.50. The van der Waals surface area contributed by atoms with Gasteiger partial charge in [-0.3, -0.25) is 9.78 Å². The molecule has 0 amide bonds. The summed E-state index contributed by atoms with van der Waals surface area (Å²) >= 11 is 0. The van der Waals surface area contributed by atoms with Crippen molar-refractivity contribution in [1.29, 1.82) is 0 Å². The number of allylic oxidation sites excluding steroid dienone is 3. The SMILES string of the molecule is CC1=C(C(=O)OCc2ccccc2)[C@@H](c2ccccn2)C2=C(C[C@H](c3ccccc3)CC2=O)N1. The van der Waals surface area contributed by atoms with Crippen molar-refractivity contribution in [3.05, 3.63) is 124 Å². The first kappa shape index (κ1) is 21.8. The van der Waals surface area contributed by atoms with E-state index in [0.29, 0.717) is 35.4 Å². The first-order valence-electron chi connectivity index (χ1n) is 11.5. The number of aromatic nitrogens is 1. The summed E-state index contributed by atoms with van der Waals surface area (Å²) in [6.45, 7) is 2.04. The summed E-state index contributed by atoms with van der Waals surface area (Å²) in [5.74, 6) is -0.846. The normalized spacial score (nSPS) is 20.0. The molecule has 2 atom stereocenters. The lowest BCUT2D eigenvalue weighted by Crippen LogP contribution is -2.36. The van der Waals surface area contributed by atoms with E-state index in [1.165, 1.54) is 0 Å². The minimum atomic E-state index is -0.551. The second-order valence-corrected chi connectivity index (χ2v) is 8.74. The molecule has 0 saturated heterocycles. The van der Waals surface area contributed by atoms with E-state index in [4.69, 9.17) is 4.74 Å². The maximum Gasteiger partial charge on any atom is 0.337 e. The third-order valence-electron chi connectivity index (χ3n) is 6.51. The van der Waals surface area contributed by atoms with Crippen LogP contribution in [-0.2, 0) is 20.9 Å². The van der Waals surface area contributed by atoms with E-state index in [9.17, 15) is 9.59 Å². The molecule has 3 aromatic rings. The van der Waals surface area contributed by atoms with Crippen LogP contribution in [-0.4, -0.2) is 16.7 Å². The van der Waals surface area contributed by atoms with Crippen molar-refractivity contribution in [2.45, 2.75) is 38.2 Å². The largest absolute Gasteiger partial charge is 0.457 e. The average Bonchev–Trinajstić information content (AvgIpc) is 2.88. The van der Waals surface area contributed by atoms with Crippen LogP contribution in [0, 0.1) is 0 Å². The summed E-state index contributed by atoms with van der Waals surface area (Å²) in [4.78, 5) is 31.4. The zero-order chi connectivity index (χ0) is 23.5. The van der Waals surface area contributed by atoms with Gasteiger partial charge in [0.2, 0.25) is 0 Å². The van der Waals surface area contributed by atoms with Crippen LogP contribution in [0.25, 0.3) is 0 Å². The van der Waals surface area contributed by atoms with Crippen molar-refractivity contribution in [2.75, 3.05) is 0 Å². The number of nitrogens with zero attached hydrogens (tertiary/aromatic N) is 1. The van der Waals surface area contributed by atoms with Crippen LogP contribution in [0.4, 0.5) is 0 Å². The fourth-order valence-electron chi connectivity index (χ4n) is 4.91. The van der Waals surface area contributed by atoms with Crippen LogP contribution in [0.5, 0.6) is 0 Å². The lowest BCUT2D eigenvalue weighted by molar-refractivity contribution is -0.140. The summed E-state index contributed by atoms with van der Waals surface area (Å²) in [7, 11) is 0. The third-order valence-corrected chi connectivity index (χ3v) is 6.51. The third kappa shape index (κ3) is 4.29. The Morgan fingerprint density at radius 2 is 1.68 bits per heavy atom. The van der Waals surface area contributed by atoms with Crippen LogP contribution in [0.3, 0.4) is 0 Å². The number of Topliss-reactive ketones (excluding diaryl/α,β-unsaturated/α-hetero) is 1. The van der Waals surface area contributed by atoms with Crippen molar-refractivity contribution in [3.8, 4) is 0 Å². The van der Waals surface area contributed by atoms with Gasteiger partial charge in [0.25, 0.3) is 0 Å². The highest BCUT2D eigenvalue weighted by Crippen LogP contribution is 2.45. The molecule has 1 aliphatic carbocycles. The Bertz CT molecular complexity index is 1260. The highest BCUT2D eigenvalue weighted by atomic mass is 16.5. The highest BCUT2D eigenvalue weighted by Gasteiger charge is 2.42. The molecule has 2 aliphatic rings. The molecule has 0 spiro atoms. The number of ether oxygens (including phenoxy) is 1. The second kappa shape index (κ2) is 9.48. The second-order valence-electron chi connectivity index (χ2n) is 8.74. The van der Waals surface area contributed by atoms with Gasteiger partial charge in [0.15, 0.2) is 5.78 Å². The maximum atomic E-state index is 13.5. The first-order chi connectivity index (χ1) is 16.6. The molecule has 1 N–H and O–H groups in total. The van der Waals surface area contributed by atoms with Crippen LogP contribution < -0.4 is 5.32 Å². The Hall–Kier alpha value is -3.99. The number of carbonyl (C=O) groups is 2. The number of nitrogens with one attached hydrogen (secondary N) is 1. The molecule has 1 aromatic heterocycles. The van der Waals surface area contributed by atoms with Gasteiger partial charge >= 0.3 is 5.97 Å². The lowest BCUT2D eigenvalue weighted by atomic mass is 9.73. The number of rotatable bonds is 5. The van der Waals surface area contributed by atoms with Crippen LogP contribution in [0.1, 0.15) is 48.4 Å². The molecule has 34 heavy (non-hydrogen) atoms. The summed E-state index contributed by atoms with van der Waals surface area (Å²) in [5.41, 5.74) is 5.38. The molecule has 5 nitrogen and oxygen atoms in total. The van der Waals surface area contributed by atoms with Crippen LogP contribution >= 0.6 is 0 Å². The molecule has 0 saturated carbocycles. The molecule has 0 fully saturated rings. The number of pyridine rings is 1. The van der Waals surface area contributed by atoms with Gasteiger partial charge in [-0.25, -0.2) is 4.79 Å². The van der Waals surface area contributed by atoms with E-state index in [0.717, 1.165) is 16.8 Å². The number of dihydropyridines is 1. The molecule has 5 rings (SSSR count). The smallest absolute Gasteiger partial charge is 0.337 e. The van der Waals surface area contributed by atoms with Gasteiger partial charge in [0, 0.05) is 29.6 Å². The van der Waals surface area contributed by atoms with Gasteiger partial charge in [0.05, 0.1) is 17.2 Å². The maximum absolute atomic E-state index is 13.5. The average molecular weight is 451 g/mol. The fourth-order valence-corrected chi connectivity index (χ4v) is 4.91. The quantitative estimate of drug-likeness (QED) is 0.542. The first-order valence-corrected chi connectivity index (χ1v) is 11.5. The minimum absolute atomic E-state index is 0.0408. The predicted octanol–water partition coefficient (Wildman–Crippen LogP) is 5.19. The zero-order valence-corrected chi connectivity index (χ0v) is 19.0. The molecular formula is C29H26N2O3. The van der Waals surface area contributed by atoms with Crippen molar-refractivity contribution < 1.29 is 14.3 Å². The molecular weight excluding hydrogens is 424 g/mol.